The van der Waals surface area contributed by atoms with E-state index in [1.807, 2.05) is 37.3 Å². The van der Waals surface area contributed by atoms with Crippen LogP contribution in [0.2, 0.25) is 0 Å². The van der Waals surface area contributed by atoms with E-state index in [2.05, 4.69) is 15.0 Å². The van der Waals surface area contributed by atoms with Crippen LogP contribution in [0.1, 0.15) is 23.4 Å². The second-order valence-electron chi connectivity index (χ2n) is 5.97. The molecule has 3 aromatic rings. The Hall–Kier alpha value is -3.15. The smallest absolute Gasteiger partial charge is 0.228 e. The van der Waals surface area contributed by atoms with Crippen molar-refractivity contribution in [1.82, 2.24) is 19.9 Å². The van der Waals surface area contributed by atoms with Gasteiger partial charge in [-0.2, -0.15) is 0 Å². The Bertz CT molecular complexity index is 912. The zero-order chi connectivity index (χ0) is 17.2. The molecule has 4 rings (SSSR count). The van der Waals surface area contributed by atoms with Gasteiger partial charge in [-0.15, -0.1) is 0 Å². The van der Waals surface area contributed by atoms with Gasteiger partial charge in [-0.3, -0.25) is 19.7 Å². The van der Waals surface area contributed by atoms with E-state index in [-0.39, 0.29) is 5.91 Å². The van der Waals surface area contributed by atoms with E-state index in [1.54, 1.807) is 23.5 Å². The van der Waals surface area contributed by atoms with Gasteiger partial charge in [0, 0.05) is 41.8 Å². The molecule has 124 valence electrons. The molecule has 1 amide bonds. The first kappa shape index (κ1) is 15.4. The van der Waals surface area contributed by atoms with E-state index in [9.17, 15) is 4.79 Å². The number of carbonyl (C=O) groups excluding carboxylic acids is 1. The van der Waals surface area contributed by atoms with Crippen LogP contribution >= 0.6 is 0 Å². The molecule has 0 unspecified atom stereocenters. The summed E-state index contributed by atoms with van der Waals surface area (Å²) in [6.45, 7) is 2.39. The highest BCUT2D eigenvalue weighted by Gasteiger charge is 2.28. The van der Waals surface area contributed by atoms with Crippen molar-refractivity contribution in [3.05, 3.63) is 65.9 Å². The van der Waals surface area contributed by atoms with Crippen molar-refractivity contribution in [2.75, 3.05) is 4.90 Å². The molecule has 6 nitrogen and oxygen atoms in total. The van der Waals surface area contributed by atoms with Gasteiger partial charge >= 0.3 is 0 Å². The average Bonchev–Trinajstić information content (AvgIpc) is 2.65. The molecule has 6 heteroatoms. The lowest BCUT2D eigenvalue weighted by Gasteiger charge is -2.29. The molecule has 0 saturated carbocycles. The van der Waals surface area contributed by atoms with Crippen LogP contribution in [-0.2, 0) is 17.8 Å². The second-order valence-corrected chi connectivity index (χ2v) is 5.97. The van der Waals surface area contributed by atoms with Crippen molar-refractivity contribution in [3.63, 3.8) is 0 Å². The van der Waals surface area contributed by atoms with Crippen LogP contribution in [0.5, 0.6) is 0 Å². The number of rotatable bonds is 3. The van der Waals surface area contributed by atoms with Crippen molar-refractivity contribution in [2.45, 2.75) is 26.3 Å². The van der Waals surface area contributed by atoms with Gasteiger partial charge in [-0.05, 0) is 37.6 Å². The zero-order valence-corrected chi connectivity index (χ0v) is 13.9. The number of hydrogen-bond acceptors (Lipinski definition) is 5. The molecule has 0 fully saturated rings. The molecule has 25 heavy (non-hydrogen) atoms. The Morgan fingerprint density at radius 1 is 1.04 bits per heavy atom. The maximum Gasteiger partial charge on any atom is 0.228 e. The molecule has 3 aromatic heterocycles. The minimum absolute atomic E-state index is 0.0666. The summed E-state index contributed by atoms with van der Waals surface area (Å²) < 4.78 is 0. The fraction of sp³-hybridized carbons (Fsp3) is 0.211. The third kappa shape index (κ3) is 2.98. The number of fused-ring (bicyclic) bond motifs is 1. The summed E-state index contributed by atoms with van der Waals surface area (Å²) >= 11 is 0. The number of aryl methyl sites for hydroxylation is 1. The largest absolute Gasteiger partial charge is 0.290 e. The topological polar surface area (TPSA) is 71.9 Å². The molecule has 0 bridgehead atoms. The maximum absolute atomic E-state index is 12.5. The van der Waals surface area contributed by atoms with Crippen LogP contribution in [0, 0.1) is 6.92 Å². The van der Waals surface area contributed by atoms with Gasteiger partial charge < -0.3 is 0 Å². The van der Waals surface area contributed by atoms with Crippen molar-refractivity contribution >= 4 is 11.7 Å². The fourth-order valence-corrected chi connectivity index (χ4v) is 3.03. The summed E-state index contributed by atoms with van der Waals surface area (Å²) in [7, 11) is 0. The van der Waals surface area contributed by atoms with E-state index in [4.69, 9.17) is 4.98 Å². The molecule has 0 aromatic carbocycles. The molecule has 0 aliphatic carbocycles. The molecule has 0 radical (unpaired) electrons. The predicted octanol–water partition coefficient (Wildman–Crippen LogP) is 2.72. The molecule has 1 aliphatic rings. The summed E-state index contributed by atoms with van der Waals surface area (Å²) in [5, 5.41) is 0. The maximum atomic E-state index is 12.5. The van der Waals surface area contributed by atoms with E-state index < -0.39 is 0 Å². The molecule has 0 N–H and O–H groups in total. The lowest BCUT2D eigenvalue weighted by atomic mass is 10.0. The van der Waals surface area contributed by atoms with Crippen molar-refractivity contribution in [1.29, 1.82) is 0 Å². The highest BCUT2D eigenvalue weighted by atomic mass is 16.2. The first-order valence-electron chi connectivity index (χ1n) is 8.20. The van der Waals surface area contributed by atoms with Gasteiger partial charge in [0.05, 0.1) is 12.2 Å². The number of aromatic nitrogens is 4. The number of pyridine rings is 2. The Labute approximate surface area is 145 Å². The summed E-state index contributed by atoms with van der Waals surface area (Å²) in [5.74, 6) is 1.37. The van der Waals surface area contributed by atoms with Crippen LogP contribution in [0.3, 0.4) is 0 Å². The van der Waals surface area contributed by atoms with Gasteiger partial charge in [-0.1, -0.05) is 6.07 Å². The van der Waals surface area contributed by atoms with Crippen LogP contribution in [0.15, 0.2) is 48.9 Å². The standard InChI is InChI=1S/C19H17N5O/c1-13-16-5-6-17(25)24(12-15-4-2-3-9-21-15)19(16)23-18(22-13)14-7-10-20-11-8-14/h2-4,7-11H,5-6,12H2,1H3. The normalized spacial score (nSPS) is 13.6. The van der Waals surface area contributed by atoms with E-state index in [0.29, 0.717) is 31.0 Å². The van der Waals surface area contributed by atoms with Gasteiger partial charge in [0.1, 0.15) is 5.82 Å². The van der Waals surface area contributed by atoms with E-state index in [0.717, 1.165) is 22.5 Å². The van der Waals surface area contributed by atoms with Crippen molar-refractivity contribution in [2.24, 2.45) is 0 Å². The Kier molecular flexibility index (Phi) is 3.93. The zero-order valence-electron chi connectivity index (χ0n) is 13.9. The number of amides is 1. The minimum Gasteiger partial charge on any atom is -0.290 e. The molecule has 0 atom stereocenters. The number of anilines is 1. The minimum atomic E-state index is 0.0666. The third-order valence-electron chi connectivity index (χ3n) is 4.32. The number of hydrogen-bond donors (Lipinski definition) is 0. The quantitative estimate of drug-likeness (QED) is 0.738. The highest BCUT2D eigenvalue weighted by molar-refractivity contribution is 5.95. The molecule has 1 aliphatic heterocycles. The van der Waals surface area contributed by atoms with Crippen LogP contribution in [-0.4, -0.2) is 25.8 Å². The molecular weight excluding hydrogens is 314 g/mol. The number of nitrogens with zero attached hydrogens (tertiary/aromatic N) is 5. The Morgan fingerprint density at radius 2 is 1.88 bits per heavy atom. The summed E-state index contributed by atoms with van der Waals surface area (Å²) in [4.78, 5) is 32.0. The molecule has 0 saturated heterocycles. The first-order valence-corrected chi connectivity index (χ1v) is 8.20. The molecule has 4 heterocycles. The van der Waals surface area contributed by atoms with Crippen LogP contribution in [0.4, 0.5) is 5.82 Å². The van der Waals surface area contributed by atoms with E-state index >= 15 is 0 Å². The van der Waals surface area contributed by atoms with Crippen molar-refractivity contribution < 1.29 is 4.79 Å². The fourth-order valence-electron chi connectivity index (χ4n) is 3.03. The highest BCUT2D eigenvalue weighted by Crippen LogP contribution is 2.31. The van der Waals surface area contributed by atoms with Gasteiger partial charge in [-0.25, -0.2) is 9.97 Å². The van der Waals surface area contributed by atoms with Gasteiger partial charge in [0.15, 0.2) is 5.82 Å². The van der Waals surface area contributed by atoms with Gasteiger partial charge in [0.25, 0.3) is 0 Å². The monoisotopic (exact) mass is 331 g/mol. The van der Waals surface area contributed by atoms with E-state index in [1.165, 1.54) is 0 Å². The van der Waals surface area contributed by atoms with Gasteiger partial charge in [0.2, 0.25) is 5.91 Å². The third-order valence-corrected chi connectivity index (χ3v) is 4.32. The lowest BCUT2D eigenvalue weighted by molar-refractivity contribution is -0.119. The Morgan fingerprint density at radius 3 is 2.64 bits per heavy atom. The molecular formula is C19H17N5O. The summed E-state index contributed by atoms with van der Waals surface area (Å²) in [5.41, 5.74) is 3.67. The predicted molar refractivity (Wildman–Crippen MR) is 93.7 cm³/mol. The Balaban J connectivity index is 1.79. The molecule has 0 spiro atoms. The second kappa shape index (κ2) is 6.39. The van der Waals surface area contributed by atoms with Crippen LogP contribution < -0.4 is 4.90 Å². The first-order chi connectivity index (χ1) is 12.2. The number of carbonyl (C=O) groups is 1. The van der Waals surface area contributed by atoms with Crippen molar-refractivity contribution in [3.8, 4) is 11.4 Å². The summed E-state index contributed by atoms with van der Waals surface area (Å²) in [6, 6.07) is 9.44. The summed E-state index contributed by atoms with van der Waals surface area (Å²) in [6.07, 6.45) is 6.31. The lowest BCUT2D eigenvalue weighted by Crippen LogP contribution is -2.36. The SMILES string of the molecule is Cc1nc(-c2ccncc2)nc2c1CCC(=O)N2Cc1ccccn1. The average molecular weight is 331 g/mol. The van der Waals surface area contributed by atoms with Crippen LogP contribution in [0.25, 0.3) is 11.4 Å².